The first-order valence-corrected chi connectivity index (χ1v) is 9.43. The zero-order valence-corrected chi connectivity index (χ0v) is 14.3. The number of carbonyl (C=O) groups is 1. The molecule has 1 heterocycles. The summed E-state index contributed by atoms with van der Waals surface area (Å²) in [4.78, 5) is 12.3. The Hall–Kier alpha value is -2.68. The number of halogens is 2. The van der Waals surface area contributed by atoms with Gasteiger partial charge in [-0.2, -0.15) is 8.42 Å². The van der Waals surface area contributed by atoms with Gasteiger partial charge in [0.15, 0.2) is 0 Å². The van der Waals surface area contributed by atoms with Crippen molar-refractivity contribution in [3.8, 4) is 0 Å². The monoisotopic (exact) mass is 379 g/mol. The molecule has 9 heteroatoms. The molecule has 0 unspecified atom stereocenters. The van der Waals surface area contributed by atoms with Gasteiger partial charge in [0.1, 0.15) is 18.2 Å². The molecule has 0 radical (unpaired) electrons. The standard InChI is InChI=1S/C17H15F2N3O3S/c18-11-5-8-14(13(19)9-11)20-17(23)10-21-15-3-1-2-4-16(15)22(12-6-7-12)26(21,24)25/h1-5,8-9,12H,6-7,10H2,(H,20,23). The smallest absolute Gasteiger partial charge is 0.322 e. The molecule has 1 fully saturated rings. The Morgan fingerprint density at radius 2 is 1.81 bits per heavy atom. The number of hydrogen-bond donors (Lipinski definition) is 1. The Morgan fingerprint density at radius 1 is 1.12 bits per heavy atom. The summed E-state index contributed by atoms with van der Waals surface area (Å²) in [5, 5.41) is 2.29. The van der Waals surface area contributed by atoms with Crippen LogP contribution in [0.25, 0.3) is 0 Å². The van der Waals surface area contributed by atoms with Gasteiger partial charge in [-0.1, -0.05) is 12.1 Å². The van der Waals surface area contributed by atoms with Gasteiger partial charge in [-0.05, 0) is 37.1 Å². The maximum absolute atomic E-state index is 13.7. The molecule has 1 aliphatic carbocycles. The SMILES string of the molecule is O=C(CN1c2ccccc2N(C2CC2)S1(=O)=O)Nc1ccc(F)cc1F. The van der Waals surface area contributed by atoms with E-state index in [-0.39, 0.29) is 11.7 Å². The number of nitrogens with zero attached hydrogens (tertiary/aromatic N) is 2. The molecule has 4 rings (SSSR count). The second-order valence-electron chi connectivity index (χ2n) is 6.20. The molecule has 1 saturated carbocycles. The predicted octanol–water partition coefficient (Wildman–Crippen LogP) is 2.64. The highest BCUT2D eigenvalue weighted by Crippen LogP contribution is 2.46. The number of amides is 1. The summed E-state index contributed by atoms with van der Waals surface area (Å²) in [5.41, 5.74) is 0.741. The van der Waals surface area contributed by atoms with Crippen molar-refractivity contribution in [2.24, 2.45) is 0 Å². The van der Waals surface area contributed by atoms with Crippen LogP contribution in [0.1, 0.15) is 12.8 Å². The van der Waals surface area contributed by atoms with Gasteiger partial charge in [0, 0.05) is 12.1 Å². The Kier molecular flexibility index (Phi) is 3.83. The van der Waals surface area contributed by atoms with E-state index in [0.29, 0.717) is 17.4 Å². The number of nitrogens with one attached hydrogen (secondary N) is 1. The van der Waals surface area contributed by atoms with Crippen molar-refractivity contribution in [3.63, 3.8) is 0 Å². The number of anilines is 3. The molecule has 2 aromatic carbocycles. The van der Waals surface area contributed by atoms with E-state index in [2.05, 4.69) is 5.32 Å². The lowest BCUT2D eigenvalue weighted by Crippen LogP contribution is -2.42. The van der Waals surface area contributed by atoms with E-state index in [9.17, 15) is 22.0 Å². The highest BCUT2D eigenvalue weighted by atomic mass is 32.2. The minimum atomic E-state index is -3.88. The van der Waals surface area contributed by atoms with E-state index < -0.39 is 34.3 Å². The first kappa shape index (κ1) is 16.8. The van der Waals surface area contributed by atoms with Gasteiger partial charge >= 0.3 is 10.2 Å². The summed E-state index contributed by atoms with van der Waals surface area (Å²) in [7, 11) is -3.88. The first-order valence-electron chi connectivity index (χ1n) is 8.04. The fourth-order valence-electron chi connectivity index (χ4n) is 2.99. The van der Waals surface area contributed by atoms with E-state index in [1.807, 2.05) is 0 Å². The summed E-state index contributed by atoms with van der Waals surface area (Å²) >= 11 is 0. The molecule has 0 aromatic heterocycles. The number of hydrogen-bond acceptors (Lipinski definition) is 3. The summed E-state index contributed by atoms with van der Waals surface area (Å²) in [5.74, 6) is -2.41. The molecule has 0 saturated heterocycles. The third kappa shape index (κ3) is 2.78. The maximum atomic E-state index is 13.7. The van der Waals surface area contributed by atoms with Crippen LogP contribution >= 0.6 is 0 Å². The molecule has 1 amide bonds. The average molecular weight is 379 g/mol. The van der Waals surface area contributed by atoms with Gasteiger partial charge in [0.2, 0.25) is 5.91 Å². The molecule has 0 spiro atoms. The molecular formula is C17H15F2N3O3S. The van der Waals surface area contributed by atoms with Crippen LogP contribution in [0.4, 0.5) is 25.8 Å². The molecule has 0 atom stereocenters. The topological polar surface area (TPSA) is 69.7 Å². The second-order valence-corrected chi connectivity index (χ2v) is 7.93. The highest BCUT2D eigenvalue weighted by molar-refractivity contribution is 7.94. The predicted molar refractivity (Wildman–Crippen MR) is 93.2 cm³/mol. The zero-order valence-electron chi connectivity index (χ0n) is 13.5. The van der Waals surface area contributed by atoms with Crippen molar-refractivity contribution < 1.29 is 22.0 Å². The molecule has 1 N–H and O–H groups in total. The van der Waals surface area contributed by atoms with Gasteiger partial charge in [-0.15, -0.1) is 0 Å². The van der Waals surface area contributed by atoms with Crippen molar-refractivity contribution in [2.45, 2.75) is 18.9 Å². The minimum Gasteiger partial charge on any atom is -0.322 e. The van der Waals surface area contributed by atoms with Crippen LogP contribution in [0.3, 0.4) is 0 Å². The normalized spacial score (nSPS) is 17.9. The van der Waals surface area contributed by atoms with Crippen LogP contribution in [0.2, 0.25) is 0 Å². The van der Waals surface area contributed by atoms with Crippen molar-refractivity contribution in [3.05, 3.63) is 54.1 Å². The van der Waals surface area contributed by atoms with Crippen molar-refractivity contribution in [1.29, 1.82) is 0 Å². The van der Waals surface area contributed by atoms with Crippen LogP contribution in [-0.2, 0) is 15.0 Å². The highest BCUT2D eigenvalue weighted by Gasteiger charge is 2.47. The van der Waals surface area contributed by atoms with Crippen LogP contribution in [0.5, 0.6) is 0 Å². The van der Waals surface area contributed by atoms with E-state index in [1.165, 1.54) is 4.31 Å². The molecule has 26 heavy (non-hydrogen) atoms. The number of carbonyl (C=O) groups excluding carboxylic acids is 1. The summed E-state index contributed by atoms with van der Waals surface area (Å²) < 4.78 is 54.8. The molecule has 1 aliphatic heterocycles. The minimum absolute atomic E-state index is 0.0937. The average Bonchev–Trinajstić information content (AvgIpc) is 3.37. The molecular weight excluding hydrogens is 364 g/mol. The lowest BCUT2D eigenvalue weighted by Gasteiger charge is -2.21. The van der Waals surface area contributed by atoms with Crippen molar-refractivity contribution >= 4 is 33.2 Å². The van der Waals surface area contributed by atoms with E-state index in [1.54, 1.807) is 24.3 Å². The largest absolute Gasteiger partial charge is 0.327 e. The number of fused-ring (bicyclic) bond motifs is 1. The quantitative estimate of drug-likeness (QED) is 0.888. The lowest BCUT2D eigenvalue weighted by molar-refractivity contribution is -0.114. The summed E-state index contributed by atoms with van der Waals surface area (Å²) in [6.45, 7) is -0.501. The van der Waals surface area contributed by atoms with E-state index in [4.69, 9.17) is 0 Å². The van der Waals surface area contributed by atoms with Crippen LogP contribution in [0, 0.1) is 11.6 Å². The summed E-state index contributed by atoms with van der Waals surface area (Å²) in [6.07, 6.45) is 1.54. The van der Waals surface area contributed by atoms with Crippen molar-refractivity contribution in [1.82, 2.24) is 0 Å². The Bertz CT molecular complexity index is 992. The van der Waals surface area contributed by atoms with Crippen LogP contribution in [-0.4, -0.2) is 26.9 Å². The second kappa shape index (κ2) is 5.94. The third-order valence-corrected chi connectivity index (χ3v) is 6.16. The van der Waals surface area contributed by atoms with Crippen molar-refractivity contribution in [2.75, 3.05) is 20.5 Å². The van der Waals surface area contributed by atoms with Gasteiger partial charge in [0.05, 0.1) is 17.1 Å². The van der Waals surface area contributed by atoms with Crippen LogP contribution in [0.15, 0.2) is 42.5 Å². The number of benzene rings is 2. The third-order valence-electron chi connectivity index (χ3n) is 4.29. The molecule has 0 bridgehead atoms. The fourth-order valence-corrected chi connectivity index (χ4v) is 4.87. The Morgan fingerprint density at radius 3 is 2.46 bits per heavy atom. The molecule has 2 aliphatic rings. The van der Waals surface area contributed by atoms with E-state index in [0.717, 1.165) is 29.3 Å². The zero-order chi connectivity index (χ0) is 18.5. The first-order chi connectivity index (χ1) is 12.4. The van der Waals surface area contributed by atoms with E-state index >= 15 is 0 Å². The van der Waals surface area contributed by atoms with Gasteiger partial charge in [-0.25, -0.2) is 17.4 Å². The van der Waals surface area contributed by atoms with Gasteiger partial charge < -0.3 is 5.32 Å². The van der Waals surface area contributed by atoms with Gasteiger partial charge in [0.25, 0.3) is 0 Å². The maximum Gasteiger partial charge on any atom is 0.327 e. The lowest BCUT2D eigenvalue weighted by atomic mass is 10.2. The summed E-state index contributed by atoms with van der Waals surface area (Å²) in [6, 6.07) is 9.40. The molecule has 136 valence electrons. The Balaban J connectivity index is 1.60. The van der Waals surface area contributed by atoms with Gasteiger partial charge in [-0.3, -0.25) is 4.79 Å². The fraction of sp³-hybridized carbons (Fsp3) is 0.235. The number of rotatable bonds is 4. The number of para-hydroxylation sites is 2. The molecule has 6 nitrogen and oxygen atoms in total. The van der Waals surface area contributed by atoms with Crippen LogP contribution < -0.4 is 13.9 Å². The molecule has 2 aromatic rings. The Labute approximate surface area is 149 Å².